The first-order chi connectivity index (χ1) is 9.47. The Bertz CT molecular complexity index is 587. The predicted octanol–water partition coefficient (Wildman–Crippen LogP) is 5.12. The van der Waals surface area contributed by atoms with Gasteiger partial charge in [-0.05, 0) is 67.6 Å². The van der Waals surface area contributed by atoms with E-state index in [1.165, 1.54) is 27.8 Å². The first kappa shape index (κ1) is 15.1. The first-order valence-corrected chi connectivity index (χ1v) is 7.40. The average Bonchev–Trinajstić information content (AvgIpc) is 2.42. The molecule has 0 saturated heterocycles. The van der Waals surface area contributed by atoms with Crippen LogP contribution in [0.5, 0.6) is 0 Å². The van der Waals surface area contributed by atoms with E-state index in [-0.39, 0.29) is 0 Å². The molecule has 1 N–H and O–H groups in total. The predicted molar refractivity (Wildman–Crippen MR) is 87.4 cm³/mol. The minimum absolute atomic E-state index is 0.313. The lowest BCUT2D eigenvalue weighted by molar-refractivity contribution is 0.573. The lowest BCUT2D eigenvalue weighted by Crippen LogP contribution is -2.18. The fourth-order valence-electron chi connectivity index (χ4n) is 2.34. The van der Waals surface area contributed by atoms with Crippen LogP contribution in [-0.2, 0) is 6.54 Å². The summed E-state index contributed by atoms with van der Waals surface area (Å²) < 4.78 is 0. The Morgan fingerprint density at radius 3 is 2.20 bits per heavy atom. The van der Waals surface area contributed by atoms with Crippen LogP contribution in [0.25, 0.3) is 0 Å². The maximum absolute atomic E-state index is 5.92. The van der Waals surface area contributed by atoms with Crippen LogP contribution in [0.2, 0.25) is 5.02 Å². The highest BCUT2D eigenvalue weighted by atomic mass is 35.5. The van der Waals surface area contributed by atoms with Gasteiger partial charge in [0.2, 0.25) is 0 Å². The molecule has 2 aromatic carbocycles. The van der Waals surface area contributed by atoms with E-state index in [1.54, 1.807) is 0 Å². The van der Waals surface area contributed by atoms with Crippen LogP contribution in [0.1, 0.15) is 40.8 Å². The van der Waals surface area contributed by atoms with E-state index < -0.39 is 0 Å². The third kappa shape index (κ3) is 3.62. The van der Waals surface area contributed by atoms with E-state index in [0.29, 0.717) is 6.04 Å². The number of hydrogen-bond donors (Lipinski definition) is 1. The van der Waals surface area contributed by atoms with Crippen LogP contribution in [-0.4, -0.2) is 0 Å². The Morgan fingerprint density at radius 1 is 0.950 bits per heavy atom. The Labute approximate surface area is 127 Å². The Morgan fingerprint density at radius 2 is 1.55 bits per heavy atom. The molecule has 0 spiro atoms. The zero-order chi connectivity index (χ0) is 14.7. The summed E-state index contributed by atoms with van der Waals surface area (Å²) in [5, 5.41) is 4.36. The zero-order valence-corrected chi connectivity index (χ0v) is 13.4. The minimum Gasteiger partial charge on any atom is -0.306 e. The molecule has 20 heavy (non-hydrogen) atoms. The molecule has 1 atom stereocenters. The Hall–Kier alpha value is -1.31. The van der Waals surface area contributed by atoms with E-state index in [1.807, 2.05) is 12.1 Å². The molecule has 2 heteroatoms. The van der Waals surface area contributed by atoms with Crippen LogP contribution in [0.4, 0.5) is 0 Å². The molecule has 0 aromatic heterocycles. The Kier molecular flexibility index (Phi) is 4.85. The van der Waals surface area contributed by atoms with Gasteiger partial charge in [0.15, 0.2) is 0 Å². The van der Waals surface area contributed by atoms with Gasteiger partial charge in [-0.1, -0.05) is 35.9 Å². The van der Waals surface area contributed by atoms with E-state index in [9.17, 15) is 0 Å². The summed E-state index contributed by atoms with van der Waals surface area (Å²) in [4.78, 5) is 0. The summed E-state index contributed by atoms with van der Waals surface area (Å²) >= 11 is 5.92. The van der Waals surface area contributed by atoms with Crippen molar-refractivity contribution in [2.24, 2.45) is 0 Å². The van der Waals surface area contributed by atoms with Crippen LogP contribution in [0.15, 0.2) is 36.4 Å². The molecule has 0 saturated carbocycles. The van der Waals surface area contributed by atoms with E-state index in [4.69, 9.17) is 11.6 Å². The zero-order valence-electron chi connectivity index (χ0n) is 12.6. The van der Waals surface area contributed by atoms with Crippen molar-refractivity contribution in [2.45, 2.75) is 40.3 Å². The molecular weight excluding hydrogens is 266 g/mol. The molecule has 2 rings (SSSR count). The van der Waals surface area contributed by atoms with Crippen molar-refractivity contribution < 1.29 is 0 Å². The van der Waals surface area contributed by atoms with Crippen molar-refractivity contribution in [1.29, 1.82) is 0 Å². The van der Waals surface area contributed by atoms with Gasteiger partial charge in [0.1, 0.15) is 0 Å². The molecule has 0 bridgehead atoms. The van der Waals surface area contributed by atoms with E-state index in [0.717, 1.165) is 11.6 Å². The lowest BCUT2D eigenvalue weighted by atomic mass is 10.0. The highest BCUT2D eigenvalue weighted by Crippen LogP contribution is 2.19. The maximum atomic E-state index is 5.92. The van der Waals surface area contributed by atoms with Crippen molar-refractivity contribution in [2.75, 3.05) is 0 Å². The van der Waals surface area contributed by atoms with Gasteiger partial charge in [-0.15, -0.1) is 0 Å². The summed E-state index contributed by atoms with van der Waals surface area (Å²) in [5.41, 5.74) is 6.69. The molecule has 0 aliphatic rings. The number of benzene rings is 2. The van der Waals surface area contributed by atoms with Gasteiger partial charge in [0, 0.05) is 17.6 Å². The fourth-order valence-corrected chi connectivity index (χ4v) is 2.47. The largest absolute Gasteiger partial charge is 0.306 e. The quantitative estimate of drug-likeness (QED) is 0.823. The van der Waals surface area contributed by atoms with Gasteiger partial charge in [-0.25, -0.2) is 0 Å². The smallest absolute Gasteiger partial charge is 0.0406 e. The molecule has 0 aliphatic heterocycles. The van der Waals surface area contributed by atoms with Gasteiger partial charge >= 0.3 is 0 Å². The summed E-state index contributed by atoms with van der Waals surface area (Å²) in [5.74, 6) is 0. The topological polar surface area (TPSA) is 12.0 Å². The number of halogens is 1. The van der Waals surface area contributed by atoms with Gasteiger partial charge < -0.3 is 5.32 Å². The molecule has 0 heterocycles. The third-order valence-corrected chi connectivity index (χ3v) is 4.17. The normalized spacial score (nSPS) is 12.4. The molecule has 0 amide bonds. The highest BCUT2D eigenvalue weighted by molar-refractivity contribution is 6.30. The first-order valence-electron chi connectivity index (χ1n) is 7.03. The van der Waals surface area contributed by atoms with Gasteiger partial charge in [-0.3, -0.25) is 0 Å². The van der Waals surface area contributed by atoms with Crippen LogP contribution >= 0.6 is 11.6 Å². The monoisotopic (exact) mass is 287 g/mol. The number of rotatable bonds is 4. The van der Waals surface area contributed by atoms with Gasteiger partial charge in [0.25, 0.3) is 0 Å². The summed E-state index contributed by atoms with van der Waals surface area (Å²) in [7, 11) is 0. The van der Waals surface area contributed by atoms with Gasteiger partial charge in [0.05, 0.1) is 0 Å². The standard InChI is InChI=1S/C18H22ClN/c1-12-9-14(3)17(10-13(12)2)11-20-15(4)16-5-7-18(19)8-6-16/h5-10,15,20H,11H2,1-4H3. The number of hydrogen-bond acceptors (Lipinski definition) is 1. The molecule has 0 fully saturated rings. The molecular formula is C18H22ClN. The minimum atomic E-state index is 0.313. The molecule has 2 aromatic rings. The van der Waals surface area contributed by atoms with Crippen molar-refractivity contribution in [3.8, 4) is 0 Å². The molecule has 0 radical (unpaired) electrons. The van der Waals surface area contributed by atoms with E-state index >= 15 is 0 Å². The van der Waals surface area contributed by atoms with Crippen molar-refractivity contribution in [3.05, 3.63) is 69.2 Å². The summed E-state index contributed by atoms with van der Waals surface area (Å²) in [6.45, 7) is 9.57. The SMILES string of the molecule is Cc1cc(C)c(CNC(C)c2ccc(Cl)cc2)cc1C. The van der Waals surface area contributed by atoms with Crippen LogP contribution < -0.4 is 5.32 Å². The maximum Gasteiger partial charge on any atom is 0.0406 e. The molecule has 1 nitrogen and oxygen atoms in total. The average molecular weight is 288 g/mol. The summed E-state index contributed by atoms with van der Waals surface area (Å²) in [6.07, 6.45) is 0. The molecule has 0 aliphatic carbocycles. The molecule has 1 unspecified atom stereocenters. The summed E-state index contributed by atoms with van der Waals surface area (Å²) in [6, 6.07) is 12.9. The van der Waals surface area contributed by atoms with Gasteiger partial charge in [-0.2, -0.15) is 0 Å². The van der Waals surface area contributed by atoms with Crippen molar-refractivity contribution in [3.63, 3.8) is 0 Å². The second kappa shape index (κ2) is 6.43. The number of aryl methyl sites for hydroxylation is 3. The van der Waals surface area contributed by atoms with Crippen LogP contribution in [0.3, 0.4) is 0 Å². The molecule has 106 valence electrons. The highest BCUT2D eigenvalue weighted by Gasteiger charge is 2.07. The second-order valence-electron chi connectivity index (χ2n) is 5.52. The number of nitrogens with one attached hydrogen (secondary N) is 1. The Balaban J connectivity index is 2.05. The lowest BCUT2D eigenvalue weighted by Gasteiger charge is -2.16. The van der Waals surface area contributed by atoms with E-state index in [2.05, 4.69) is 57.3 Å². The second-order valence-corrected chi connectivity index (χ2v) is 5.95. The van der Waals surface area contributed by atoms with Crippen molar-refractivity contribution in [1.82, 2.24) is 5.32 Å². The van der Waals surface area contributed by atoms with Crippen molar-refractivity contribution >= 4 is 11.6 Å². The third-order valence-electron chi connectivity index (χ3n) is 3.92. The van der Waals surface area contributed by atoms with Crippen LogP contribution in [0, 0.1) is 20.8 Å². The fraction of sp³-hybridized carbons (Fsp3) is 0.333.